The Morgan fingerprint density at radius 2 is 1.60 bits per heavy atom. The van der Waals surface area contributed by atoms with Crippen LogP contribution in [-0.2, 0) is 0 Å². The number of rotatable bonds is 0. The van der Waals surface area contributed by atoms with Crippen molar-refractivity contribution in [2.45, 2.75) is 6.92 Å². The lowest BCUT2D eigenvalue weighted by Gasteiger charge is -1.45. The van der Waals surface area contributed by atoms with Crippen LogP contribution < -0.4 is 0 Å². The van der Waals surface area contributed by atoms with Gasteiger partial charge in [0.25, 0.3) is 0 Å². The van der Waals surface area contributed by atoms with Gasteiger partial charge in [-0.2, -0.15) is 0 Å². The van der Waals surface area contributed by atoms with Crippen LogP contribution >= 0.6 is 34.2 Å². The number of alkyl halides is 2. The van der Waals surface area contributed by atoms with Crippen LogP contribution in [0.4, 0.5) is 0 Å². The molecule has 0 rings (SSSR count). The molecule has 0 saturated heterocycles. The van der Waals surface area contributed by atoms with Gasteiger partial charge in [-0.25, -0.2) is 0 Å². The normalized spacial score (nSPS) is 4.80. The molecule has 0 nitrogen and oxygen atoms in total. The zero-order valence-corrected chi connectivity index (χ0v) is 6.38. The third-order valence-corrected chi connectivity index (χ3v) is 0. The quantitative estimate of drug-likeness (QED) is 0.421. The van der Waals surface area contributed by atoms with Crippen LogP contribution in [0.3, 0.4) is 0 Å². The van der Waals surface area contributed by atoms with Crippen LogP contribution in [0, 0.1) is 0 Å². The van der Waals surface area contributed by atoms with Crippen molar-refractivity contribution in [1.29, 1.82) is 0 Å². The summed E-state index contributed by atoms with van der Waals surface area (Å²) in [6.45, 7) is 1.89. The van der Waals surface area contributed by atoms with Gasteiger partial charge in [-0.15, -0.1) is 11.6 Å². The molecule has 0 heterocycles. The fourth-order valence-electron chi connectivity index (χ4n) is 0. The minimum atomic E-state index is 0.722. The predicted octanol–water partition coefficient (Wildman–Crippen LogP) is 2.30. The molecule has 0 atom stereocenters. The van der Waals surface area contributed by atoms with E-state index in [0.717, 1.165) is 5.88 Å². The lowest BCUT2D eigenvalue weighted by atomic mass is 11.0. The third kappa shape index (κ3) is 44.0. The van der Waals surface area contributed by atoms with Crippen LogP contribution in [0.25, 0.3) is 0 Å². The van der Waals surface area contributed by atoms with Gasteiger partial charge in [0.15, 0.2) is 0 Å². The zero-order chi connectivity index (χ0) is 4.71. The smallest absolute Gasteiger partial charge is 0.0195 e. The summed E-state index contributed by atoms with van der Waals surface area (Å²) in [6.07, 6.45) is 0. The molecule has 0 aliphatic carbocycles. The molecule has 0 N–H and O–H groups in total. The van der Waals surface area contributed by atoms with Crippen molar-refractivity contribution in [3.63, 3.8) is 0 Å². The average Bonchev–Trinajstić information content (AvgIpc) is 1.46. The fourth-order valence-corrected chi connectivity index (χ4v) is 0. The lowest BCUT2D eigenvalue weighted by molar-refractivity contribution is 1.51. The zero-order valence-electron chi connectivity index (χ0n) is 3.46. The van der Waals surface area contributed by atoms with E-state index in [1.165, 1.54) is 0 Å². The van der Waals surface area contributed by atoms with E-state index in [4.69, 9.17) is 11.6 Å². The van der Waals surface area contributed by atoms with Crippen molar-refractivity contribution >= 4 is 34.2 Å². The number of hydrogen-bond donors (Lipinski definition) is 0. The Hall–Kier alpha value is 1.02. The summed E-state index contributed by atoms with van der Waals surface area (Å²) in [4.78, 5) is 1.97. The Bertz CT molecular complexity index is 6.85. The molecule has 0 fully saturated rings. The van der Waals surface area contributed by atoms with E-state index in [2.05, 4.69) is 22.6 Å². The van der Waals surface area contributed by atoms with Crippen molar-refractivity contribution in [3.8, 4) is 0 Å². The van der Waals surface area contributed by atoms with E-state index in [0.29, 0.717) is 0 Å². The maximum absolute atomic E-state index is 5.00. The first-order valence-corrected chi connectivity index (χ1v) is 4.04. The van der Waals surface area contributed by atoms with Crippen LogP contribution in [-0.4, -0.2) is 10.8 Å². The molecule has 0 aromatic heterocycles. The molecular weight excluding hydrogens is 198 g/mol. The summed E-state index contributed by atoms with van der Waals surface area (Å²) in [5.74, 6) is 0.722. The summed E-state index contributed by atoms with van der Waals surface area (Å²) >= 11 is 7.15. The van der Waals surface area contributed by atoms with Crippen molar-refractivity contribution in [3.05, 3.63) is 0 Å². The molecule has 2 heteroatoms. The predicted molar refractivity (Wildman–Crippen MR) is 36.3 cm³/mol. The maximum Gasteiger partial charge on any atom is 0.0195 e. The number of hydrogen-bond acceptors (Lipinski definition) is 0. The van der Waals surface area contributed by atoms with Crippen molar-refractivity contribution in [2.24, 2.45) is 0 Å². The van der Waals surface area contributed by atoms with Crippen molar-refractivity contribution < 1.29 is 0 Å². The minimum absolute atomic E-state index is 0.722. The highest BCUT2D eigenvalue weighted by molar-refractivity contribution is 14.1. The van der Waals surface area contributed by atoms with Gasteiger partial charge >= 0.3 is 0 Å². The van der Waals surface area contributed by atoms with Gasteiger partial charge in [0.2, 0.25) is 0 Å². The molecule has 0 aliphatic heterocycles. The molecule has 0 aromatic carbocycles. The highest BCUT2D eigenvalue weighted by atomic mass is 127. The maximum atomic E-state index is 5.00. The molecule has 0 aliphatic rings. The van der Waals surface area contributed by atoms with E-state index in [1.807, 2.05) is 11.9 Å². The Morgan fingerprint density at radius 1 is 1.60 bits per heavy atom. The van der Waals surface area contributed by atoms with E-state index in [-0.39, 0.29) is 0 Å². The topological polar surface area (TPSA) is 0 Å². The monoisotopic (exact) mass is 206 g/mol. The van der Waals surface area contributed by atoms with Crippen LogP contribution in [0.2, 0.25) is 0 Å². The second kappa shape index (κ2) is 19.9. The summed E-state index contributed by atoms with van der Waals surface area (Å²) in [5, 5.41) is 0. The highest BCUT2D eigenvalue weighted by Gasteiger charge is 1.38. The van der Waals surface area contributed by atoms with E-state index in [9.17, 15) is 0 Å². The second-order valence-corrected chi connectivity index (χ2v) is 0.802. The van der Waals surface area contributed by atoms with Crippen LogP contribution in [0.5, 0.6) is 0 Å². The molecule has 34 valence electrons. The number of halogens is 2. The van der Waals surface area contributed by atoms with Gasteiger partial charge in [0, 0.05) is 5.88 Å². The van der Waals surface area contributed by atoms with E-state index in [1.54, 1.807) is 0 Å². The Kier molecular flexibility index (Phi) is 37.3. The molecule has 0 radical (unpaired) electrons. The minimum Gasteiger partial charge on any atom is -0.127 e. The van der Waals surface area contributed by atoms with Gasteiger partial charge in [0.05, 0.1) is 0 Å². The molecule has 0 spiro atoms. The molecule has 5 heavy (non-hydrogen) atoms. The summed E-state index contributed by atoms with van der Waals surface area (Å²) in [6, 6.07) is 0. The van der Waals surface area contributed by atoms with E-state index < -0.39 is 0 Å². The lowest BCUT2D eigenvalue weighted by Crippen LogP contribution is -1.36. The van der Waals surface area contributed by atoms with E-state index >= 15 is 0 Å². The van der Waals surface area contributed by atoms with Crippen molar-refractivity contribution in [1.82, 2.24) is 0 Å². The van der Waals surface area contributed by atoms with Gasteiger partial charge in [0.1, 0.15) is 0 Å². The van der Waals surface area contributed by atoms with Gasteiger partial charge in [-0.05, 0) is 4.93 Å². The molecule has 0 saturated carbocycles. The largest absolute Gasteiger partial charge is 0.127 e. The summed E-state index contributed by atoms with van der Waals surface area (Å²) < 4.78 is 0. The summed E-state index contributed by atoms with van der Waals surface area (Å²) in [7, 11) is 0. The molecule has 0 unspecified atom stereocenters. The first-order valence-electron chi connectivity index (χ1n) is 1.35. The molecule has 0 amide bonds. The first kappa shape index (κ1) is 9.39. The standard InChI is InChI=1S/C2H5Cl.CH3I/c1-2-3;1-2/h2H2,1H3;1H3. The fraction of sp³-hybridized carbons (Fsp3) is 1.00. The van der Waals surface area contributed by atoms with Crippen molar-refractivity contribution in [2.75, 3.05) is 10.8 Å². The third-order valence-electron chi connectivity index (χ3n) is 0. The van der Waals surface area contributed by atoms with Gasteiger partial charge < -0.3 is 0 Å². The Morgan fingerprint density at radius 3 is 1.60 bits per heavy atom. The first-order chi connectivity index (χ1) is 2.41. The second-order valence-electron chi connectivity index (χ2n) is 0.267. The summed E-state index contributed by atoms with van der Waals surface area (Å²) in [5.41, 5.74) is 0. The van der Waals surface area contributed by atoms with Crippen LogP contribution in [0.1, 0.15) is 6.92 Å². The Balaban J connectivity index is 0. The highest BCUT2D eigenvalue weighted by Crippen LogP contribution is 1.59. The van der Waals surface area contributed by atoms with Crippen LogP contribution in [0.15, 0.2) is 0 Å². The molecular formula is C3H8ClI. The average molecular weight is 206 g/mol. The molecule has 0 bridgehead atoms. The molecule has 0 aromatic rings. The SMILES string of the molecule is CCCl.CI. The Labute approximate surface area is 52.0 Å². The van der Waals surface area contributed by atoms with Gasteiger partial charge in [-0.3, -0.25) is 0 Å². The van der Waals surface area contributed by atoms with Gasteiger partial charge in [-0.1, -0.05) is 29.5 Å².